The third kappa shape index (κ3) is 3.40. The van der Waals surface area contributed by atoms with Crippen LogP contribution in [-0.2, 0) is 0 Å². The van der Waals surface area contributed by atoms with Gasteiger partial charge in [-0.25, -0.2) is 0 Å². The van der Waals surface area contributed by atoms with Gasteiger partial charge in [-0.2, -0.15) is 10.5 Å². The van der Waals surface area contributed by atoms with Crippen molar-refractivity contribution in [3.63, 3.8) is 0 Å². The normalized spacial score (nSPS) is 9.10. The van der Waals surface area contributed by atoms with Crippen LogP contribution in [-0.4, -0.2) is 7.11 Å². The van der Waals surface area contributed by atoms with Crippen LogP contribution >= 0.6 is 0 Å². The van der Waals surface area contributed by atoms with E-state index in [1.807, 2.05) is 60.7 Å². The Kier molecular flexibility index (Phi) is 4.58. The number of anilines is 1. The molecule has 0 amide bonds. The van der Waals surface area contributed by atoms with Crippen molar-refractivity contribution in [1.29, 1.82) is 10.5 Å². The van der Waals surface area contributed by atoms with Crippen LogP contribution < -0.4 is 10.1 Å². The Morgan fingerprint density at radius 2 is 1.81 bits per heavy atom. The fraction of sp³-hybridized carbons (Fsp3) is 0.0588. The molecule has 21 heavy (non-hydrogen) atoms. The summed E-state index contributed by atoms with van der Waals surface area (Å²) in [4.78, 5) is 0. The number of allylic oxidation sites excluding steroid dienone is 1. The molecule has 102 valence electrons. The lowest BCUT2D eigenvalue weighted by Crippen LogP contribution is -1.94. The maximum atomic E-state index is 8.79. The minimum Gasteiger partial charge on any atom is -0.497 e. The van der Waals surface area contributed by atoms with Gasteiger partial charge in [-0.1, -0.05) is 30.3 Å². The highest BCUT2D eigenvalue weighted by atomic mass is 16.5. The Bertz CT molecular complexity index is 721. The second kappa shape index (κ2) is 6.79. The van der Waals surface area contributed by atoms with Gasteiger partial charge in [-0.05, 0) is 17.7 Å². The smallest absolute Gasteiger partial charge is 0.145 e. The van der Waals surface area contributed by atoms with Crippen LogP contribution in [0.4, 0.5) is 5.69 Å². The maximum Gasteiger partial charge on any atom is 0.145 e. The standard InChI is InChI=1S/C17H13N3O/c1-21-15-7-8-16(14-5-3-2-4-6-14)17(9-15)20-12-13(10-18)11-19/h2-9,12,20H,1H3. The lowest BCUT2D eigenvalue weighted by molar-refractivity contribution is 0.415. The maximum absolute atomic E-state index is 8.79. The van der Waals surface area contributed by atoms with Gasteiger partial charge in [0.05, 0.1) is 7.11 Å². The average Bonchev–Trinajstić information content (AvgIpc) is 2.56. The number of hydrogen-bond acceptors (Lipinski definition) is 4. The number of rotatable bonds is 4. The van der Waals surface area contributed by atoms with Crippen molar-refractivity contribution in [2.75, 3.05) is 12.4 Å². The molecule has 0 radical (unpaired) electrons. The lowest BCUT2D eigenvalue weighted by atomic mass is 10.0. The molecule has 4 heteroatoms. The van der Waals surface area contributed by atoms with Crippen LogP contribution in [0.15, 0.2) is 60.3 Å². The fourth-order valence-corrected chi connectivity index (χ4v) is 1.88. The minimum absolute atomic E-state index is 0.0110. The summed E-state index contributed by atoms with van der Waals surface area (Å²) >= 11 is 0. The molecular formula is C17H13N3O. The van der Waals surface area contributed by atoms with Crippen LogP contribution in [0.25, 0.3) is 11.1 Å². The molecule has 4 nitrogen and oxygen atoms in total. The van der Waals surface area contributed by atoms with E-state index in [-0.39, 0.29) is 5.57 Å². The Hall–Kier alpha value is -3.24. The highest BCUT2D eigenvalue weighted by Gasteiger charge is 2.06. The summed E-state index contributed by atoms with van der Waals surface area (Å²) in [7, 11) is 1.59. The van der Waals surface area contributed by atoms with E-state index in [4.69, 9.17) is 15.3 Å². The van der Waals surface area contributed by atoms with Gasteiger partial charge < -0.3 is 10.1 Å². The van der Waals surface area contributed by atoms with Crippen LogP contribution in [0.3, 0.4) is 0 Å². The molecule has 0 aliphatic carbocycles. The zero-order valence-electron chi connectivity index (χ0n) is 11.5. The molecule has 0 aliphatic heterocycles. The average molecular weight is 275 g/mol. The van der Waals surface area contributed by atoms with Crippen molar-refractivity contribution in [2.24, 2.45) is 0 Å². The topological polar surface area (TPSA) is 68.8 Å². The first-order chi connectivity index (χ1) is 10.3. The van der Waals surface area contributed by atoms with E-state index in [2.05, 4.69) is 5.32 Å². The summed E-state index contributed by atoms with van der Waals surface area (Å²) in [6, 6.07) is 19.1. The van der Waals surface area contributed by atoms with Gasteiger partial charge in [0, 0.05) is 23.5 Å². The van der Waals surface area contributed by atoms with Gasteiger partial charge in [-0.3, -0.25) is 0 Å². The van der Waals surface area contributed by atoms with Crippen molar-refractivity contribution < 1.29 is 4.74 Å². The molecule has 0 unspecified atom stereocenters. The van der Waals surface area contributed by atoms with Crippen LogP contribution in [0.5, 0.6) is 5.75 Å². The van der Waals surface area contributed by atoms with Crippen LogP contribution in [0, 0.1) is 22.7 Å². The Morgan fingerprint density at radius 1 is 1.10 bits per heavy atom. The first-order valence-corrected chi connectivity index (χ1v) is 6.29. The van der Waals surface area contributed by atoms with E-state index in [0.29, 0.717) is 5.75 Å². The van der Waals surface area contributed by atoms with E-state index in [1.165, 1.54) is 6.20 Å². The number of nitrogens with one attached hydrogen (secondary N) is 1. The molecule has 0 saturated heterocycles. The lowest BCUT2D eigenvalue weighted by Gasteiger charge is -2.11. The Labute approximate surface area is 123 Å². The number of nitrogens with zero attached hydrogens (tertiary/aromatic N) is 2. The SMILES string of the molecule is COc1ccc(-c2ccccc2)c(NC=C(C#N)C#N)c1. The molecule has 2 rings (SSSR count). The third-order valence-electron chi connectivity index (χ3n) is 2.92. The summed E-state index contributed by atoms with van der Waals surface area (Å²) in [6.45, 7) is 0. The zero-order valence-corrected chi connectivity index (χ0v) is 11.5. The molecule has 0 bridgehead atoms. The molecule has 0 atom stereocenters. The van der Waals surface area contributed by atoms with E-state index in [9.17, 15) is 0 Å². The predicted octanol–water partition coefficient (Wildman–Crippen LogP) is 3.71. The van der Waals surface area contributed by atoms with Crippen molar-refractivity contribution in [3.8, 4) is 29.0 Å². The van der Waals surface area contributed by atoms with Crippen LogP contribution in [0.2, 0.25) is 0 Å². The highest BCUT2D eigenvalue weighted by molar-refractivity contribution is 5.79. The van der Waals surface area contributed by atoms with Crippen molar-refractivity contribution in [3.05, 3.63) is 60.3 Å². The largest absolute Gasteiger partial charge is 0.497 e. The van der Waals surface area contributed by atoms with Gasteiger partial charge >= 0.3 is 0 Å². The van der Waals surface area contributed by atoms with E-state index < -0.39 is 0 Å². The molecule has 0 fully saturated rings. The molecule has 1 N–H and O–H groups in total. The third-order valence-corrected chi connectivity index (χ3v) is 2.92. The van der Waals surface area contributed by atoms with Gasteiger partial charge in [0.2, 0.25) is 0 Å². The summed E-state index contributed by atoms with van der Waals surface area (Å²) in [6.07, 6.45) is 1.39. The monoisotopic (exact) mass is 275 g/mol. The number of hydrogen-bond donors (Lipinski definition) is 1. The molecular weight excluding hydrogens is 262 g/mol. The fourth-order valence-electron chi connectivity index (χ4n) is 1.88. The number of methoxy groups -OCH3 is 1. The Morgan fingerprint density at radius 3 is 2.43 bits per heavy atom. The van der Waals surface area contributed by atoms with Crippen molar-refractivity contribution in [2.45, 2.75) is 0 Å². The minimum atomic E-state index is 0.0110. The van der Waals surface area contributed by atoms with Gasteiger partial charge in [-0.15, -0.1) is 0 Å². The van der Waals surface area contributed by atoms with Crippen molar-refractivity contribution in [1.82, 2.24) is 0 Å². The first-order valence-electron chi connectivity index (χ1n) is 6.29. The second-order valence-electron chi connectivity index (χ2n) is 4.20. The second-order valence-corrected chi connectivity index (χ2v) is 4.20. The highest BCUT2D eigenvalue weighted by Crippen LogP contribution is 2.31. The Balaban J connectivity index is 2.45. The number of nitriles is 2. The van der Waals surface area contributed by atoms with E-state index >= 15 is 0 Å². The molecule has 2 aromatic carbocycles. The summed E-state index contributed by atoms with van der Waals surface area (Å²) in [5, 5.41) is 20.6. The predicted molar refractivity (Wildman–Crippen MR) is 81.4 cm³/mol. The van der Waals surface area contributed by atoms with Crippen molar-refractivity contribution >= 4 is 5.69 Å². The molecule has 0 aliphatic rings. The molecule has 0 spiro atoms. The molecule has 0 aromatic heterocycles. The van der Waals surface area contributed by atoms with E-state index in [0.717, 1.165) is 16.8 Å². The quantitative estimate of drug-likeness (QED) is 0.864. The summed E-state index contributed by atoms with van der Waals surface area (Å²) < 4.78 is 5.21. The van der Waals surface area contributed by atoms with E-state index in [1.54, 1.807) is 7.11 Å². The summed E-state index contributed by atoms with van der Waals surface area (Å²) in [5.74, 6) is 0.695. The molecule has 0 heterocycles. The molecule has 2 aromatic rings. The van der Waals surface area contributed by atoms with Gasteiger partial charge in [0.15, 0.2) is 0 Å². The number of ether oxygens (including phenoxy) is 1. The van der Waals surface area contributed by atoms with Gasteiger partial charge in [0.25, 0.3) is 0 Å². The number of benzene rings is 2. The molecule has 0 saturated carbocycles. The van der Waals surface area contributed by atoms with Gasteiger partial charge in [0.1, 0.15) is 23.5 Å². The first kappa shape index (κ1) is 14.2. The summed E-state index contributed by atoms with van der Waals surface area (Å²) in [5.41, 5.74) is 2.77. The zero-order chi connectivity index (χ0) is 15.1. The van der Waals surface area contributed by atoms with Crippen LogP contribution in [0.1, 0.15) is 0 Å².